The minimum atomic E-state index is 0.567. The summed E-state index contributed by atoms with van der Waals surface area (Å²) in [5.41, 5.74) is 16.7. The van der Waals surface area contributed by atoms with Crippen LogP contribution in [0.5, 0.6) is 0 Å². The molecular weight excluding hydrogens is 693 g/mol. The molecule has 0 unspecified atom stereocenters. The maximum atomic E-state index is 9.76. The Labute approximate surface area is 330 Å². The summed E-state index contributed by atoms with van der Waals surface area (Å²) in [4.78, 5) is 3.81. The van der Waals surface area contributed by atoms with Gasteiger partial charge in [-0.3, -0.25) is 0 Å². The molecule has 0 heterocycles. The first kappa shape index (κ1) is 33.5. The largest absolute Gasteiger partial charge is 0.238 e. The fourth-order valence-electron chi connectivity index (χ4n) is 9.24. The summed E-state index contributed by atoms with van der Waals surface area (Å²) in [6.07, 6.45) is 0. The first-order valence-electron chi connectivity index (χ1n) is 18.8. The van der Waals surface area contributed by atoms with Crippen LogP contribution in [0.15, 0.2) is 127 Å². The lowest BCUT2D eigenvalue weighted by Gasteiger charge is -2.19. The summed E-state index contributed by atoms with van der Waals surface area (Å²) in [5, 5.41) is 37.8. The molecule has 0 fully saturated rings. The molecule has 262 valence electrons. The monoisotopic (exact) mass is 722 g/mol. The Morgan fingerprint density at radius 3 is 1.35 bits per heavy atom. The molecule has 1 aliphatic carbocycles. The summed E-state index contributed by atoms with van der Waals surface area (Å²) >= 11 is 0. The van der Waals surface area contributed by atoms with E-state index in [2.05, 4.69) is 110 Å². The summed E-state index contributed by atoms with van der Waals surface area (Å²) in [6, 6.07) is 50.8. The molecule has 1 aliphatic rings. The van der Waals surface area contributed by atoms with E-state index in [0.717, 1.165) is 82.4 Å². The van der Waals surface area contributed by atoms with Gasteiger partial charge in [0.15, 0.2) is 5.69 Å². The van der Waals surface area contributed by atoms with Gasteiger partial charge >= 0.3 is 0 Å². The summed E-state index contributed by atoms with van der Waals surface area (Å²) in [7, 11) is 0. The number of fused-ring (bicyclic) bond motifs is 8. The molecule has 0 saturated carbocycles. The Kier molecular flexibility index (Phi) is 7.37. The molecule has 0 saturated heterocycles. The Morgan fingerprint density at radius 2 is 0.807 bits per heavy atom. The third-order valence-corrected chi connectivity index (χ3v) is 11.9. The van der Waals surface area contributed by atoms with Gasteiger partial charge in [-0.05, 0) is 203 Å². The van der Waals surface area contributed by atoms with Crippen LogP contribution in [0.1, 0.15) is 33.4 Å². The minimum absolute atomic E-state index is 0.567. The number of benzene rings is 9. The second kappa shape index (κ2) is 12.5. The fourth-order valence-corrected chi connectivity index (χ4v) is 9.24. The zero-order chi connectivity index (χ0) is 39.1. The van der Waals surface area contributed by atoms with E-state index in [4.69, 9.17) is 6.57 Å². The Bertz CT molecular complexity index is 3490. The van der Waals surface area contributed by atoms with E-state index in [-0.39, 0.29) is 0 Å². The van der Waals surface area contributed by atoms with Crippen molar-refractivity contribution >= 4 is 48.8 Å². The van der Waals surface area contributed by atoms with Crippen LogP contribution in [-0.4, -0.2) is 0 Å². The lowest BCUT2D eigenvalue weighted by atomic mass is 9.84. The topological polar surface area (TPSA) is 75.7 Å². The van der Waals surface area contributed by atoms with Crippen LogP contribution in [0.4, 0.5) is 5.69 Å². The molecule has 0 amide bonds. The Morgan fingerprint density at radius 1 is 0.368 bits per heavy atom. The molecule has 0 bridgehead atoms. The van der Waals surface area contributed by atoms with Crippen LogP contribution in [0.25, 0.3) is 104 Å². The normalized spacial score (nSPS) is 11.4. The van der Waals surface area contributed by atoms with Crippen molar-refractivity contribution < 1.29 is 0 Å². The molecule has 0 aliphatic heterocycles. The van der Waals surface area contributed by atoms with E-state index in [1.807, 2.05) is 61.5 Å². The predicted molar refractivity (Wildman–Crippen MR) is 232 cm³/mol. The van der Waals surface area contributed by atoms with Gasteiger partial charge in [0.1, 0.15) is 0 Å². The van der Waals surface area contributed by atoms with Crippen LogP contribution < -0.4 is 0 Å². The predicted octanol–water partition coefficient (Wildman–Crippen LogP) is 14.0. The standard InChI is InChI=1S/C53H30N4/c1-29-18-32(26-54)8-12-36(29)39-16-17-43-49-25-52-50(24-48(49)42-7-5-6-41(39)53(42)43)46(38-14-10-34(28-56)20-31(38)3)22-47-40-15-11-35(57-4)21-44(40)45(23-51(47)52)37-13-9-33(27-55)19-30(37)2/h5-25H,1-3H3. The highest BCUT2D eigenvalue weighted by atomic mass is 14.6. The van der Waals surface area contributed by atoms with E-state index in [1.165, 1.54) is 33.0 Å². The lowest BCUT2D eigenvalue weighted by Crippen LogP contribution is -1.93. The number of hydrogen-bond donors (Lipinski definition) is 0. The van der Waals surface area contributed by atoms with Gasteiger partial charge in [-0.15, -0.1) is 0 Å². The molecule has 9 aromatic carbocycles. The second-order valence-corrected chi connectivity index (χ2v) is 15.0. The molecule has 9 aromatic rings. The summed E-state index contributed by atoms with van der Waals surface area (Å²) < 4.78 is 0. The van der Waals surface area contributed by atoms with E-state index in [9.17, 15) is 15.8 Å². The van der Waals surface area contributed by atoms with Gasteiger partial charge in [0, 0.05) is 0 Å². The van der Waals surface area contributed by atoms with E-state index in [1.54, 1.807) is 0 Å². The van der Waals surface area contributed by atoms with E-state index >= 15 is 0 Å². The van der Waals surface area contributed by atoms with Crippen molar-refractivity contribution in [2.75, 3.05) is 0 Å². The van der Waals surface area contributed by atoms with Gasteiger partial charge < -0.3 is 0 Å². The smallest absolute Gasteiger partial charge is 0.187 e. The summed E-state index contributed by atoms with van der Waals surface area (Å²) in [6.45, 7) is 14.1. The van der Waals surface area contributed by atoms with Crippen LogP contribution in [0.2, 0.25) is 0 Å². The van der Waals surface area contributed by atoms with Crippen LogP contribution in [0, 0.1) is 61.3 Å². The highest BCUT2D eigenvalue weighted by molar-refractivity contribution is 6.28. The van der Waals surface area contributed by atoms with Gasteiger partial charge in [-0.25, -0.2) is 4.85 Å². The first-order valence-corrected chi connectivity index (χ1v) is 18.8. The second-order valence-electron chi connectivity index (χ2n) is 15.0. The number of rotatable bonds is 3. The molecule has 0 radical (unpaired) electrons. The summed E-state index contributed by atoms with van der Waals surface area (Å²) in [5.74, 6) is 0. The molecule has 0 atom stereocenters. The minimum Gasteiger partial charge on any atom is -0.238 e. The van der Waals surface area contributed by atoms with Gasteiger partial charge in [0.2, 0.25) is 0 Å². The third-order valence-electron chi connectivity index (χ3n) is 11.9. The molecule has 4 heteroatoms. The van der Waals surface area contributed by atoms with Crippen molar-refractivity contribution in [1.29, 1.82) is 15.8 Å². The fraction of sp³-hybridized carbons (Fsp3) is 0.0566. The van der Waals surface area contributed by atoms with Gasteiger partial charge in [-0.2, -0.15) is 15.8 Å². The number of aryl methyl sites for hydroxylation is 3. The molecule has 10 rings (SSSR count). The first-order chi connectivity index (χ1) is 27.8. The molecule has 0 N–H and O–H groups in total. The van der Waals surface area contributed by atoms with Crippen molar-refractivity contribution in [3.63, 3.8) is 0 Å². The molecule has 4 nitrogen and oxygen atoms in total. The zero-order valence-corrected chi connectivity index (χ0v) is 31.4. The average Bonchev–Trinajstić information content (AvgIpc) is 3.55. The van der Waals surface area contributed by atoms with Crippen LogP contribution in [-0.2, 0) is 0 Å². The zero-order valence-electron chi connectivity index (χ0n) is 31.4. The van der Waals surface area contributed by atoms with Crippen LogP contribution in [0.3, 0.4) is 0 Å². The Hall–Kier alpha value is -8.02. The van der Waals surface area contributed by atoms with Gasteiger partial charge in [0.05, 0.1) is 41.5 Å². The molecule has 0 spiro atoms. The van der Waals surface area contributed by atoms with E-state index < -0.39 is 0 Å². The van der Waals surface area contributed by atoms with E-state index in [0.29, 0.717) is 22.4 Å². The van der Waals surface area contributed by atoms with Gasteiger partial charge in [-0.1, -0.05) is 60.7 Å². The lowest BCUT2D eigenvalue weighted by molar-refractivity contribution is 1.42. The third kappa shape index (κ3) is 4.96. The molecule has 57 heavy (non-hydrogen) atoms. The van der Waals surface area contributed by atoms with Crippen molar-refractivity contribution in [1.82, 2.24) is 0 Å². The van der Waals surface area contributed by atoms with Gasteiger partial charge in [0.25, 0.3) is 0 Å². The SMILES string of the molecule is [C-]#[N+]c1ccc2c(c1)c(-c1ccc(C#N)cc1C)cc1c3cc4c(cc3c(-c3ccc(C#N)cc3C)cc21)-c1cccc2c(-c3ccc(C#N)cc3C)ccc-4c12. The van der Waals surface area contributed by atoms with Crippen LogP contribution >= 0.6 is 0 Å². The Balaban J connectivity index is 1.33. The highest BCUT2D eigenvalue weighted by Crippen LogP contribution is 2.53. The van der Waals surface area contributed by atoms with Crippen molar-refractivity contribution in [2.45, 2.75) is 20.8 Å². The average molecular weight is 723 g/mol. The highest BCUT2D eigenvalue weighted by Gasteiger charge is 2.26. The molecule has 0 aromatic heterocycles. The van der Waals surface area contributed by atoms with Crippen molar-refractivity contribution in [3.8, 4) is 73.8 Å². The molecular formula is C53H30N4. The van der Waals surface area contributed by atoms with Crippen molar-refractivity contribution in [3.05, 3.63) is 172 Å². The quantitative estimate of drug-likeness (QED) is 0.135. The van der Waals surface area contributed by atoms with Crippen molar-refractivity contribution in [2.24, 2.45) is 0 Å². The number of nitrogens with zero attached hydrogens (tertiary/aromatic N) is 4. The number of nitriles is 3. The maximum absolute atomic E-state index is 9.76. The maximum Gasteiger partial charge on any atom is 0.187 e. The number of hydrogen-bond acceptors (Lipinski definition) is 3.